The molecular weight excluding hydrogens is 253 g/mol. The molecular formula is C16H22FN3. The normalized spacial score (nSPS) is 23.5. The molecule has 1 aromatic carbocycles. The molecule has 2 unspecified atom stereocenters. The molecule has 20 heavy (non-hydrogen) atoms. The van der Waals surface area contributed by atoms with Gasteiger partial charge in [-0.05, 0) is 43.0 Å². The Morgan fingerprint density at radius 1 is 1.50 bits per heavy atom. The maximum atomic E-state index is 13.3. The fourth-order valence-electron chi connectivity index (χ4n) is 3.00. The van der Waals surface area contributed by atoms with E-state index in [1.165, 1.54) is 18.9 Å². The molecule has 2 rings (SSSR count). The van der Waals surface area contributed by atoms with E-state index in [-0.39, 0.29) is 5.56 Å². The van der Waals surface area contributed by atoms with Gasteiger partial charge in [-0.2, -0.15) is 5.26 Å². The predicted octanol–water partition coefficient (Wildman–Crippen LogP) is 2.65. The van der Waals surface area contributed by atoms with Crippen molar-refractivity contribution in [3.63, 3.8) is 0 Å². The number of rotatable bonds is 4. The molecule has 2 N–H and O–H groups in total. The van der Waals surface area contributed by atoms with Gasteiger partial charge in [-0.15, -0.1) is 0 Å². The quantitative estimate of drug-likeness (QED) is 0.919. The number of nitrogens with zero attached hydrogens (tertiary/aromatic N) is 2. The molecule has 1 saturated heterocycles. The third-order valence-corrected chi connectivity index (χ3v) is 4.33. The minimum absolute atomic E-state index is 0.121. The van der Waals surface area contributed by atoms with E-state index in [9.17, 15) is 4.39 Å². The smallest absolute Gasteiger partial charge is 0.140 e. The molecule has 0 amide bonds. The average Bonchev–Trinajstić information content (AvgIpc) is 2.49. The van der Waals surface area contributed by atoms with Gasteiger partial charge in [0.05, 0.1) is 5.56 Å². The Morgan fingerprint density at radius 3 is 2.95 bits per heavy atom. The topological polar surface area (TPSA) is 53.0 Å². The molecule has 1 aromatic rings. The van der Waals surface area contributed by atoms with E-state index in [0.717, 1.165) is 31.0 Å². The zero-order chi connectivity index (χ0) is 14.5. The van der Waals surface area contributed by atoms with Crippen molar-refractivity contribution in [1.29, 1.82) is 5.26 Å². The first-order chi connectivity index (χ1) is 9.67. The third kappa shape index (κ3) is 3.36. The number of likely N-dealkylation sites (tertiary alicyclic amines) is 1. The summed E-state index contributed by atoms with van der Waals surface area (Å²) in [7, 11) is 0. The Labute approximate surface area is 120 Å². The Kier molecular flexibility index (Phi) is 5.11. The largest absolute Gasteiger partial charge is 0.329 e. The molecule has 0 radical (unpaired) electrons. The monoisotopic (exact) mass is 275 g/mol. The van der Waals surface area contributed by atoms with Crippen molar-refractivity contribution in [1.82, 2.24) is 4.90 Å². The number of hydrogen-bond acceptors (Lipinski definition) is 3. The minimum Gasteiger partial charge on any atom is -0.329 e. The van der Waals surface area contributed by atoms with Crippen molar-refractivity contribution in [3.8, 4) is 6.07 Å². The summed E-state index contributed by atoms with van der Waals surface area (Å²) in [6, 6.07) is 7.08. The molecule has 108 valence electrons. The Morgan fingerprint density at radius 2 is 2.30 bits per heavy atom. The van der Waals surface area contributed by atoms with Gasteiger partial charge >= 0.3 is 0 Å². The molecule has 0 spiro atoms. The molecule has 2 atom stereocenters. The van der Waals surface area contributed by atoms with Crippen LogP contribution >= 0.6 is 0 Å². The highest BCUT2D eigenvalue weighted by atomic mass is 19.1. The Hall–Kier alpha value is -1.44. The molecule has 1 fully saturated rings. The fourth-order valence-corrected chi connectivity index (χ4v) is 3.00. The highest BCUT2D eigenvalue weighted by Gasteiger charge is 2.26. The van der Waals surface area contributed by atoms with Gasteiger partial charge in [0.25, 0.3) is 0 Å². The van der Waals surface area contributed by atoms with Crippen LogP contribution in [0.3, 0.4) is 0 Å². The molecule has 4 heteroatoms. The number of nitriles is 1. The molecule has 1 aliphatic heterocycles. The van der Waals surface area contributed by atoms with E-state index < -0.39 is 5.82 Å². The van der Waals surface area contributed by atoms with Gasteiger partial charge in [0.2, 0.25) is 0 Å². The molecule has 1 heterocycles. The summed E-state index contributed by atoms with van der Waals surface area (Å²) >= 11 is 0. The number of halogens is 1. The van der Waals surface area contributed by atoms with Crippen LogP contribution in [0.1, 0.15) is 37.3 Å². The Bertz CT molecular complexity index is 495. The van der Waals surface area contributed by atoms with Crippen LogP contribution < -0.4 is 5.73 Å². The summed E-state index contributed by atoms with van der Waals surface area (Å²) in [5.74, 6) is 0.319. The number of nitrogens with two attached hydrogens (primary N) is 1. The van der Waals surface area contributed by atoms with Gasteiger partial charge < -0.3 is 5.73 Å². The molecule has 0 saturated carbocycles. The summed E-state index contributed by atoms with van der Waals surface area (Å²) in [4.78, 5) is 2.36. The molecule has 0 aliphatic carbocycles. The van der Waals surface area contributed by atoms with Gasteiger partial charge in [-0.25, -0.2) is 4.39 Å². The summed E-state index contributed by atoms with van der Waals surface area (Å²) < 4.78 is 13.3. The van der Waals surface area contributed by atoms with Crippen molar-refractivity contribution in [2.24, 2.45) is 11.7 Å². The maximum Gasteiger partial charge on any atom is 0.140 e. The molecule has 0 bridgehead atoms. The van der Waals surface area contributed by atoms with Crippen LogP contribution in [-0.4, -0.2) is 24.0 Å². The first-order valence-corrected chi connectivity index (χ1v) is 7.30. The standard InChI is InChI=1S/C16H22FN3/c1-2-12-5-6-20(15(8-12)10-19)11-13-3-4-16(17)14(7-13)9-18/h3-4,7,12,15H,2,5-6,8,10-11,19H2,1H3. The van der Waals surface area contributed by atoms with Crippen LogP contribution in [-0.2, 0) is 6.54 Å². The lowest BCUT2D eigenvalue weighted by atomic mass is 9.88. The summed E-state index contributed by atoms with van der Waals surface area (Å²) in [5.41, 5.74) is 6.99. The Balaban J connectivity index is 2.07. The lowest BCUT2D eigenvalue weighted by molar-refractivity contribution is 0.107. The second-order valence-electron chi connectivity index (χ2n) is 5.58. The van der Waals surface area contributed by atoms with Gasteiger partial charge in [0, 0.05) is 19.1 Å². The van der Waals surface area contributed by atoms with Crippen LogP contribution in [0.4, 0.5) is 4.39 Å². The second-order valence-corrected chi connectivity index (χ2v) is 5.58. The number of piperidine rings is 1. The second kappa shape index (κ2) is 6.83. The first-order valence-electron chi connectivity index (χ1n) is 7.30. The average molecular weight is 275 g/mol. The van der Waals surface area contributed by atoms with Gasteiger partial charge in [0.15, 0.2) is 0 Å². The van der Waals surface area contributed by atoms with Crippen LogP contribution in [0.25, 0.3) is 0 Å². The van der Waals surface area contributed by atoms with Crippen LogP contribution in [0.15, 0.2) is 18.2 Å². The van der Waals surface area contributed by atoms with E-state index in [1.54, 1.807) is 12.1 Å². The van der Waals surface area contributed by atoms with Crippen molar-refractivity contribution in [3.05, 3.63) is 35.1 Å². The highest BCUT2D eigenvalue weighted by molar-refractivity contribution is 5.34. The molecule has 1 aliphatic rings. The van der Waals surface area contributed by atoms with Gasteiger partial charge in [0.1, 0.15) is 11.9 Å². The minimum atomic E-state index is -0.448. The van der Waals surface area contributed by atoms with Gasteiger partial charge in [-0.3, -0.25) is 4.90 Å². The van der Waals surface area contributed by atoms with Crippen molar-refractivity contribution < 1.29 is 4.39 Å². The van der Waals surface area contributed by atoms with E-state index in [0.29, 0.717) is 12.6 Å². The summed E-state index contributed by atoms with van der Waals surface area (Å²) in [5, 5.41) is 8.89. The summed E-state index contributed by atoms with van der Waals surface area (Å²) in [6.45, 7) is 4.66. The highest BCUT2D eigenvalue weighted by Crippen LogP contribution is 2.26. The fraction of sp³-hybridized carbons (Fsp3) is 0.562. The zero-order valence-electron chi connectivity index (χ0n) is 12.0. The maximum absolute atomic E-state index is 13.3. The van der Waals surface area contributed by atoms with Crippen molar-refractivity contribution >= 4 is 0 Å². The van der Waals surface area contributed by atoms with E-state index >= 15 is 0 Å². The predicted molar refractivity (Wildman–Crippen MR) is 77.4 cm³/mol. The van der Waals surface area contributed by atoms with Gasteiger partial charge in [-0.1, -0.05) is 19.4 Å². The van der Waals surface area contributed by atoms with E-state index in [4.69, 9.17) is 11.0 Å². The summed E-state index contributed by atoms with van der Waals surface area (Å²) in [6.07, 6.45) is 3.54. The lowest BCUT2D eigenvalue weighted by Gasteiger charge is -2.39. The third-order valence-electron chi connectivity index (χ3n) is 4.33. The van der Waals surface area contributed by atoms with E-state index in [2.05, 4.69) is 11.8 Å². The lowest BCUT2D eigenvalue weighted by Crippen LogP contribution is -2.46. The van der Waals surface area contributed by atoms with E-state index in [1.807, 2.05) is 6.07 Å². The van der Waals surface area contributed by atoms with Crippen molar-refractivity contribution in [2.45, 2.75) is 38.8 Å². The molecule has 0 aromatic heterocycles. The van der Waals surface area contributed by atoms with Crippen LogP contribution in [0.5, 0.6) is 0 Å². The number of benzene rings is 1. The van der Waals surface area contributed by atoms with Crippen LogP contribution in [0.2, 0.25) is 0 Å². The SMILES string of the molecule is CCC1CCN(Cc2ccc(F)c(C#N)c2)C(CN)C1. The van der Waals surface area contributed by atoms with Crippen molar-refractivity contribution in [2.75, 3.05) is 13.1 Å². The molecule has 3 nitrogen and oxygen atoms in total. The zero-order valence-corrected chi connectivity index (χ0v) is 12.0. The van der Waals surface area contributed by atoms with Crippen LogP contribution in [0, 0.1) is 23.1 Å². The first kappa shape index (κ1) is 15.0. The number of hydrogen-bond donors (Lipinski definition) is 1.